The SMILES string of the molecule is CC(Oc1ccc(Cl)cc1Cl)C(=O)Nc1ccccc1C(=O)NC(C)c1ccccc1. The number of ether oxygens (including phenoxy) is 1. The Morgan fingerprint density at radius 1 is 0.903 bits per heavy atom. The first-order valence-corrected chi connectivity index (χ1v) is 10.5. The third-order valence-corrected chi connectivity index (χ3v) is 5.17. The molecule has 0 aliphatic heterocycles. The van der Waals surface area contributed by atoms with E-state index >= 15 is 0 Å². The van der Waals surface area contributed by atoms with Crippen molar-refractivity contribution >= 4 is 40.7 Å². The molecule has 0 heterocycles. The van der Waals surface area contributed by atoms with Crippen LogP contribution in [0.2, 0.25) is 10.0 Å². The molecule has 5 nitrogen and oxygen atoms in total. The summed E-state index contributed by atoms with van der Waals surface area (Å²) in [4.78, 5) is 25.5. The fraction of sp³-hybridized carbons (Fsp3) is 0.167. The fourth-order valence-electron chi connectivity index (χ4n) is 2.94. The number of anilines is 1. The van der Waals surface area contributed by atoms with Gasteiger partial charge < -0.3 is 15.4 Å². The maximum absolute atomic E-state index is 12.8. The van der Waals surface area contributed by atoms with Gasteiger partial charge in [-0.1, -0.05) is 65.7 Å². The van der Waals surface area contributed by atoms with Crippen molar-refractivity contribution in [2.24, 2.45) is 0 Å². The predicted molar refractivity (Wildman–Crippen MR) is 124 cm³/mol. The van der Waals surface area contributed by atoms with Gasteiger partial charge in [0.15, 0.2) is 6.10 Å². The highest BCUT2D eigenvalue weighted by Crippen LogP contribution is 2.28. The second-order valence-electron chi connectivity index (χ2n) is 6.98. The lowest BCUT2D eigenvalue weighted by Gasteiger charge is -2.18. The van der Waals surface area contributed by atoms with E-state index in [0.29, 0.717) is 27.0 Å². The molecule has 2 atom stereocenters. The molecule has 0 bridgehead atoms. The Bertz CT molecular complexity index is 1070. The van der Waals surface area contributed by atoms with Crippen LogP contribution in [0, 0.1) is 0 Å². The summed E-state index contributed by atoms with van der Waals surface area (Å²) in [5, 5.41) is 6.50. The molecule has 0 aliphatic carbocycles. The Morgan fingerprint density at radius 3 is 2.29 bits per heavy atom. The minimum Gasteiger partial charge on any atom is -0.479 e. The van der Waals surface area contributed by atoms with Gasteiger partial charge in [0.25, 0.3) is 11.8 Å². The van der Waals surface area contributed by atoms with Gasteiger partial charge in [-0.25, -0.2) is 0 Å². The van der Waals surface area contributed by atoms with E-state index in [1.165, 1.54) is 6.07 Å². The van der Waals surface area contributed by atoms with Gasteiger partial charge in [0.1, 0.15) is 5.75 Å². The van der Waals surface area contributed by atoms with Gasteiger partial charge in [-0.05, 0) is 49.7 Å². The van der Waals surface area contributed by atoms with Crippen LogP contribution in [-0.2, 0) is 4.79 Å². The van der Waals surface area contributed by atoms with Gasteiger partial charge in [-0.15, -0.1) is 0 Å². The summed E-state index contributed by atoms with van der Waals surface area (Å²) in [6.07, 6.45) is -0.849. The van der Waals surface area contributed by atoms with Crippen molar-refractivity contribution in [3.8, 4) is 5.75 Å². The molecule has 0 fully saturated rings. The number of benzene rings is 3. The van der Waals surface area contributed by atoms with E-state index in [-0.39, 0.29) is 11.9 Å². The van der Waals surface area contributed by atoms with Gasteiger partial charge in [-0.3, -0.25) is 9.59 Å². The molecule has 0 spiro atoms. The number of hydrogen-bond acceptors (Lipinski definition) is 3. The summed E-state index contributed by atoms with van der Waals surface area (Å²) in [7, 11) is 0. The highest BCUT2D eigenvalue weighted by atomic mass is 35.5. The normalized spacial score (nSPS) is 12.5. The number of hydrogen-bond donors (Lipinski definition) is 2. The van der Waals surface area contributed by atoms with Crippen molar-refractivity contribution in [3.63, 3.8) is 0 Å². The Kier molecular flexibility index (Phi) is 7.55. The first kappa shape index (κ1) is 22.7. The van der Waals surface area contributed by atoms with E-state index in [0.717, 1.165) is 5.56 Å². The molecule has 2 N–H and O–H groups in total. The molecule has 0 saturated carbocycles. The van der Waals surface area contributed by atoms with Crippen LogP contribution in [0.25, 0.3) is 0 Å². The highest BCUT2D eigenvalue weighted by Gasteiger charge is 2.20. The number of rotatable bonds is 7. The third-order valence-electron chi connectivity index (χ3n) is 4.64. The smallest absolute Gasteiger partial charge is 0.265 e. The standard InChI is InChI=1S/C24H22Cl2N2O3/c1-15(17-8-4-3-5-9-17)27-24(30)19-10-6-7-11-21(19)28-23(29)16(2)31-22-13-12-18(25)14-20(22)26/h3-16H,1-2H3,(H,27,30)(H,28,29). The average Bonchev–Trinajstić information content (AvgIpc) is 2.76. The first-order valence-electron chi connectivity index (χ1n) is 9.72. The summed E-state index contributed by atoms with van der Waals surface area (Å²) in [5.41, 5.74) is 1.73. The van der Waals surface area contributed by atoms with Crippen molar-refractivity contribution in [2.75, 3.05) is 5.32 Å². The lowest BCUT2D eigenvalue weighted by atomic mass is 10.1. The Morgan fingerprint density at radius 2 is 1.58 bits per heavy atom. The maximum Gasteiger partial charge on any atom is 0.265 e. The lowest BCUT2D eigenvalue weighted by molar-refractivity contribution is -0.122. The summed E-state index contributed by atoms with van der Waals surface area (Å²) in [6.45, 7) is 3.50. The number of halogens is 2. The van der Waals surface area contributed by atoms with Gasteiger partial charge in [0.2, 0.25) is 0 Å². The molecule has 3 rings (SSSR count). The quantitative estimate of drug-likeness (QED) is 0.465. The minimum absolute atomic E-state index is 0.188. The highest BCUT2D eigenvalue weighted by molar-refractivity contribution is 6.35. The van der Waals surface area contributed by atoms with Crippen LogP contribution in [0.4, 0.5) is 5.69 Å². The predicted octanol–water partition coefficient (Wildman–Crippen LogP) is 5.89. The Balaban J connectivity index is 1.69. The summed E-state index contributed by atoms with van der Waals surface area (Å²) in [6, 6.07) is 21.0. The van der Waals surface area contributed by atoms with Gasteiger partial charge in [-0.2, -0.15) is 0 Å². The topological polar surface area (TPSA) is 67.4 Å². The monoisotopic (exact) mass is 456 g/mol. The maximum atomic E-state index is 12.8. The van der Waals surface area contributed by atoms with Crippen molar-refractivity contribution < 1.29 is 14.3 Å². The Hall–Kier alpha value is -3.02. The number of carbonyl (C=O) groups excluding carboxylic acids is 2. The van der Waals surface area contributed by atoms with Crippen molar-refractivity contribution in [2.45, 2.75) is 26.0 Å². The third kappa shape index (κ3) is 6.00. The summed E-state index contributed by atoms with van der Waals surface area (Å²) in [5.74, 6) is -0.361. The zero-order valence-corrected chi connectivity index (χ0v) is 18.6. The van der Waals surface area contributed by atoms with Gasteiger partial charge >= 0.3 is 0 Å². The van der Waals surface area contributed by atoms with Gasteiger partial charge in [0, 0.05) is 5.02 Å². The van der Waals surface area contributed by atoms with Crippen molar-refractivity contribution in [1.29, 1.82) is 0 Å². The van der Waals surface area contributed by atoms with E-state index in [1.807, 2.05) is 37.3 Å². The molecule has 31 heavy (non-hydrogen) atoms. The van der Waals surface area contributed by atoms with Crippen LogP contribution in [0.15, 0.2) is 72.8 Å². The van der Waals surface area contributed by atoms with Crippen LogP contribution < -0.4 is 15.4 Å². The second-order valence-corrected chi connectivity index (χ2v) is 7.82. The molecule has 7 heteroatoms. The van der Waals surface area contributed by atoms with Crippen LogP contribution in [0.5, 0.6) is 5.75 Å². The fourth-order valence-corrected chi connectivity index (χ4v) is 3.39. The molecule has 160 valence electrons. The number of amides is 2. The minimum atomic E-state index is -0.849. The molecule has 0 aromatic heterocycles. The number of nitrogens with one attached hydrogen (secondary N) is 2. The van der Waals surface area contributed by atoms with E-state index < -0.39 is 12.0 Å². The van der Waals surface area contributed by atoms with Crippen molar-refractivity contribution in [1.82, 2.24) is 5.32 Å². The van der Waals surface area contributed by atoms with Crippen LogP contribution >= 0.6 is 23.2 Å². The second kappa shape index (κ2) is 10.3. The van der Waals surface area contributed by atoms with E-state index in [1.54, 1.807) is 43.3 Å². The molecule has 2 amide bonds. The van der Waals surface area contributed by atoms with Crippen molar-refractivity contribution in [3.05, 3.63) is 94.0 Å². The summed E-state index contributed by atoms with van der Waals surface area (Å²) >= 11 is 12.0. The van der Waals surface area contributed by atoms with E-state index in [2.05, 4.69) is 10.6 Å². The molecule has 0 aliphatic rings. The lowest BCUT2D eigenvalue weighted by Crippen LogP contribution is -2.32. The van der Waals surface area contributed by atoms with E-state index in [4.69, 9.17) is 27.9 Å². The summed E-state index contributed by atoms with van der Waals surface area (Å²) < 4.78 is 5.65. The average molecular weight is 457 g/mol. The largest absolute Gasteiger partial charge is 0.479 e. The zero-order chi connectivity index (χ0) is 22.4. The molecule has 0 saturated heterocycles. The van der Waals surface area contributed by atoms with Crippen LogP contribution in [0.1, 0.15) is 35.8 Å². The molecular formula is C24H22Cl2N2O3. The molecule has 3 aromatic carbocycles. The number of carbonyl (C=O) groups is 2. The molecule has 2 unspecified atom stereocenters. The molecular weight excluding hydrogens is 435 g/mol. The zero-order valence-electron chi connectivity index (χ0n) is 17.1. The van der Waals surface area contributed by atoms with E-state index in [9.17, 15) is 9.59 Å². The molecule has 0 radical (unpaired) electrons. The number of para-hydroxylation sites is 1. The van der Waals surface area contributed by atoms with Crippen LogP contribution in [0.3, 0.4) is 0 Å². The van der Waals surface area contributed by atoms with Gasteiger partial charge in [0.05, 0.1) is 22.3 Å². The van der Waals surface area contributed by atoms with Crippen LogP contribution in [-0.4, -0.2) is 17.9 Å². The first-order chi connectivity index (χ1) is 14.8. The molecule has 3 aromatic rings. The Labute approximate surface area is 191 Å².